The van der Waals surface area contributed by atoms with Crippen LogP contribution >= 0.6 is 11.3 Å². The van der Waals surface area contributed by atoms with E-state index in [1.165, 1.54) is 11.3 Å². The van der Waals surface area contributed by atoms with Crippen LogP contribution in [0.25, 0.3) is 0 Å². The molecule has 0 bridgehead atoms. The third-order valence-electron chi connectivity index (χ3n) is 2.79. The van der Waals surface area contributed by atoms with Crippen LogP contribution in [0.15, 0.2) is 0 Å². The van der Waals surface area contributed by atoms with Gasteiger partial charge in [-0.15, -0.1) is 0 Å². The zero-order valence-corrected chi connectivity index (χ0v) is 12.5. The van der Waals surface area contributed by atoms with Crippen molar-refractivity contribution < 1.29 is 4.79 Å². The lowest BCUT2D eigenvalue weighted by Crippen LogP contribution is -2.37. The van der Waals surface area contributed by atoms with Gasteiger partial charge < -0.3 is 16.0 Å². The zero-order chi connectivity index (χ0) is 13.9. The molecule has 1 atom stereocenters. The Kier molecular flexibility index (Phi) is 4.95. The van der Waals surface area contributed by atoms with Gasteiger partial charge in [0.1, 0.15) is 10.7 Å². The first-order valence-electron chi connectivity index (χ1n) is 6.11. The molecule has 0 aromatic carbocycles. The van der Waals surface area contributed by atoms with Gasteiger partial charge in [0, 0.05) is 20.1 Å². The Hall–Kier alpha value is -1.30. The third-order valence-corrected chi connectivity index (χ3v) is 4.03. The summed E-state index contributed by atoms with van der Waals surface area (Å²) in [5.74, 6) is 0.583. The van der Waals surface area contributed by atoms with E-state index in [-0.39, 0.29) is 11.9 Å². The molecule has 3 N–H and O–H groups in total. The van der Waals surface area contributed by atoms with Crippen molar-refractivity contribution in [3.63, 3.8) is 0 Å². The van der Waals surface area contributed by atoms with Gasteiger partial charge in [-0.05, 0) is 12.3 Å². The van der Waals surface area contributed by atoms with Crippen LogP contribution in [0.3, 0.4) is 0 Å². The van der Waals surface area contributed by atoms with E-state index < -0.39 is 0 Å². The van der Waals surface area contributed by atoms with Crippen LogP contribution in [-0.4, -0.2) is 31.0 Å². The van der Waals surface area contributed by atoms with Gasteiger partial charge in [-0.1, -0.05) is 32.1 Å². The van der Waals surface area contributed by atoms with E-state index in [4.69, 9.17) is 5.73 Å². The first-order valence-corrected chi connectivity index (χ1v) is 6.92. The molecule has 0 aliphatic carbocycles. The van der Waals surface area contributed by atoms with Crippen LogP contribution in [0, 0.1) is 5.92 Å². The van der Waals surface area contributed by atoms with Crippen molar-refractivity contribution >= 4 is 28.2 Å². The van der Waals surface area contributed by atoms with E-state index in [0.29, 0.717) is 16.6 Å². The fourth-order valence-electron chi connectivity index (χ4n) is 1.65. The number of hydrogen-bond donors (Lipinski definition) is 2. The van der Waals surface area contributed by atoms with Crippen molar-refractivity contribution in [2.45, 2.75) is 33.2 Å². The second-order valence-electron chi connectivity index (χ2n) is 4.84. The topological polar surface area (TPSA) is 71.2 Å². The molecule has 102 valence electrons. The lowest BCUT2D eigenvalue weighted by Gasteiger charge is -2.20. The summed E-state index contributed by atoms with van der Waals surface area (Å²) in [4.78, 5) is 18.6. The predicted molar refractivity (Wildman–Crippen MR) is 77.2 cm³/mol. The molecule has 1 heterocycles. The number of anilines is 2. The summed E-state index contributed by atoms with van der Waals surface area (Å²) in [5, 5.41) is 3.75. The largest absolute Gasteiger partial charge is 0.382 e. The van der Waals surface area contributed by atoms with Gasteiger partial charge in [0.05, 0.1) is 0 Å². The normalized spacial score (nSPS) is 12.6. The average molecular weight is 270 g/mol. The Bertz CT molecular complexity index is 414. The highest BCUT2D eigenvalue weighted by atomic mass is 32.1. The van der Waals surface area contributed by atoms with E-state index in [1.807, 2.05) is 19.0 Å². The molecule has 1 aromatic heterocycles. The third kappa shape index (κ3) is 3.35. The maximum Gasteiger partial charge on any atom is 0.265 e. The smallest absolute Gasteiger partial charge is 0.265 e. The van der Waals surface area contributed by atoms with Crippen molar-refractivity contribution in [1.29, 1.82) is 0 Å². The number of hydrogen-bond acceptors (Lipinski definition) is 5. The highest BCUT2D eigenvalue weighted by molar-refractivity contribution is 7.18. The van der Waals surface area contributed by atoms with Crippen molar-refractivity contribution in [3.8, 4) is 0 Å². The summed E-state index contributed by atoms with van der Waals surface area (Å²) >= 11 is 1.32. The first kappa shape index (κ1) is 14.8. The van der Waals surface area contributed by atoms with Crippen LogP contribution in [0.2, 0.25) is 0 Å². The number of nitrogen functional groups attached to an aromatic ring is 1. The summed E-state index contributed by atoms with van der Waals surface area (Å²) in [5.41, 5.74) is 5.79. The van der Waals surface area contributed by atoms with Crippen molar-refractivity contribution in [2.24, 2.45) is 5.92 Å². The molecule has 0 radical (unpaired) electrons. The number of rotatable bonds is 5. The number of aromatic nitrogens is 1. The minimum Gasteiger partial charge on any atom is -0.382 e. The van der Waals surface area contributed by atoms with E-state index in [1.54, 1.807) is 0 Å². The highest BCUT2D eigenvalue weighted by Gasteiger charge is 2.20. The van der Waals surface area contributed by atoms with Crippen molar-refractivity contribution in [2.75, 3.05) is 24.7 Å². The van der Waals surface area contributed by atoms with Gasteiger partial charge in [-0.25, -0.2) is 4.98 Å². The van der Waals surface area contributed by atoms with Gasteiger partial charge in [0.25, 0.3) is 5.91 Å². The summed E-state index contributed by atoms with van der Waals surface area (Å²) in [7, 11) is 3.76. The summed E-state index contributed by atoms with van der Waals surface area (Å²) in [6, 6.07) is 0.168. The minimum atomic E-state index is -0.126. The molecule has 1 unspecified atom stereocenters. The Morgan fingerprint density at radius 3 is 2.50 bits per heavy atom. The Morgan fingerprint density at radius 2 is 2.11 bits per heavy atom. The van der Waals surface area contributed by atoms with E-state index in [0.717, 1.165) is 11.6 Å². The fourth-order valence-corrected chi connectivity index (χ4v) is 2.46. The van der Waals surface area contributed by atoms with Gasteiger partial charge in [-0.2, -0.15) is 0 Å². The SMILES string of the molecule is CCC(NC(=O)c1sc(N(C)C)nc1N)C(C)C. The molecule has 0 fully saturated rings. The molecule has 1 aromatic rings. The summed E-state index contributed by atoms with van der Waals surface area (Å²) < 4.78 is 0. The summed E-state index contributed by atoms with van der Waals surface area (Å²) in [6.45, 7) is 6.25. The van der Waals surface area contributed by atoms with E-state index >= 15 is 0 Å². The zero-order valence-electron chi connectivity index (χ0n) is 11.7. The highest BCUT2D eigenvalue weighted by Crippen LogP contribution is 2.26. The Balaban J connectivity index is 2.84. The van der Waals surface area contributed by atoms with Gasteiger partial charge >= 0.3 is 0 Å². The average Bonchev–Trinajstić information content (AvgIpc) is 2.67. The number of nitrogens with zero attached hydrogens (tertiary/aromatic N) is 2. The Morgan fingerprint density at radius 1 is 1.50 bits per heavy atom. The number of nitrogens with two attached hydrogens (primary N) is 1. The second-order valence-corrected chi connectivity index (χ2v) is 5.81. The maximum atomic E-state index is 12.1. The molecule has 1 amide bonds. The van der Waals surface area contributed by atoms with Gasteiger partial charge in [0.2, 0.25) is 0 Å². The number of thiazole rings is 1. The molecule has 0 aliphatic heterocycles. The van der Waals surface area contributed by atoms with Crippen LogP contribution in [0.1, 0.15) is 36.9 Å². The summed E-state index contributed by atoms with van der Waals surface area (Å²) in [6.07, 6.45) is 0.905. The molecule has 1 rings (SSSR count). The molecule has 5 nitrogen and oxygen atoms in total. The predicted octanol–water partition coefficient (Wildman–Crippen LogP) is 1.96. The van der Waals surface area contributed by atoms with Gasteiger partial charge in [-0.3, -0.25) is 4.79 Å². The second kappa shape index (κ2) is 6.04. The monoisotopic (exact) mass is 270 g/mol. The van der Waals surface area contributed by atoms with E-state index in [9.17, 15) is 4.79 Å². The lowest BCUT2D eigenvalue weighted by molar-refractivity contribution is 0.0929. The molecule has 0 spiro atoms. The minimum absolute atomic E-state index is 0.126. The first-order chi connectivity index (χ1) is 8.36. The molecule has 18 heavy (non-hydrogen) atoms. The molecule has 0 aliphatic rings. The van der Waals surface area contributed by atoms with Crippen molar-refractivity contribution in [1.82, 2.24) is 10.3 Å². The fraction of sp³-hybridized carbons (Fsp3) is 0.667. The van der Waals surface area contributed by atoms with Gasteiger partial charge in [0.15, 0.2) is 5.13 Å². The van der Waals surface area contributed by atoms with Crippen LogP contribution in [-0.2, 0) is 0 Å². The molecule has 0 saturated carbocycles. The quantitative estimate of drug-likeness (QED) is 0.858. The Labute approximate surface area is 112 Å². The molecule has 0 saturated heterocycles. The molecule has 6 heteroatoms. The standard InChI is InChI=1S/C12H22N4OS/c1-6-8(7(2)3)14-11(17)9-10(13)15-12(18-9)16(4)5/h7-8H,6,13H2,1-5H3,(H,14,17). The maximum absolute atomic E-state index is 12.1. The molecular formula is C12H22N4OS. The number of amides is 1. The number of carbonyl (C=O) groups is 1. The van der Waals surface area contributed by atoms with Crippen LogP contribution in [0.5, 0.6) is 0 Å². The van der Waals surface area contributed by atoms with Crippen molar-refractivity contribution in [3.05, 3.63) is 4.88 Å². The number of nitrogens with one attached hydrogen (secondary N) is 1. The van der Waals surface area contributed by atoms with Crippen LogP contribution < -0.4 is 16.0 Å². The molecular weight excluding hydrogens is 248 g/mol. The number of carbonyl (C=O) groups excluding carboxylic acids is 1. The lowest BCUT2D eigenvalue weighted by atomic mass is 10.0. The van der Waals surface area contributed by atoms with E-state index in [2.05, 4.69) is 31.1 Å². The van der Waals surface area contributed by atoms with Crippen LogP contribution in [0.4, 0.5) is 10.9 Å².